The number of sulfonamides is 1. The molecule has 1 heterocycles. The van der Waals surface area contributed by atoms with Crippen LogP contribution in [0, 0.1) is 0 Å². The Labute approximate surface area is 136 Å². The molecule has 0 atom stereocenters. The lowest BCUT2D eigenvalue weighted by atomic mass is 10.3. The molecule has 0 saturated carbocycles. The van der Waals surface area contributed by atoms with Crippen molar-refractivity contribution in [2.24, 2.45) is 0 Å². The van der Waals surface area contributed by atoms with Gasteiger partial charge in [-0.2, -0.15) is 0 Å². The van der Waals surface area contributed by atoms with E-state index in [1.54, 1.807) is 12.1 Å². The number of thiazole rings is 1. The van der Waals surface area contributed by atoms with Gasteiger partial charge < -0.3 is 4.74 Å². The molecule has 21 heavy (non-hydrogen) atoms. The highest BCUT2D eigenvalue weighted by molar-refractivity contribution is 7.94. The van der Waals surface area contributed by atoms with Gasteiger partial charge in [0.25, 0.3) is 10.0 Å². The number of halogens is 2. The summed E-state index contributed by atoms with van der Waals surface area (Å²) in [6.07, 6.45) is 1.18. The Morgan fingerprint density at radius 1 is 1.33 bits per heavy atom. The smallest absolute Gasteiger partial charge is 0.273 e. The third-order valence-corrected chi connectivity index (χ3v) is 5.52. The van der Waals surface area contributed by atoms with Crippen LogP contribution in [0.5, 0.6) is 5.75 Å². The summed E-state index contributed by atoms with van der Waals surface area (Å²) < 4.78 is 32.3. The Hall–Kier alpha value is -1.02. The van der Waals surface area contributed by atoms with Crippen molar-refractivity contribution >= 4 is 50.2 Å². The van der Waals surface area contributed by atoms with Gasteiger partial charge in [-0.25, -0.2) is 13.4 Å². The molecule has 0 bridgehead atoms. The number of nitrogens with zero attached hydrogens (tertiary/aromatic N) is 1. The van der Waals surface area contributed by atoms with E-state index in [-0.39, 0.29) is 14.8 Å². The molecular weight excluding hydrogens is 355 g/mol. The van der Waals surface area contributed by atoms with Gasteiger partial charge in [-0.05, 0) is 32.0 Å². The van der Waals surface area contributed by atoms with Crippen LogP contribution in [0.1, 0.15) is 13.8 Å². The second-order valence-electron chi connectivity index (χ2n) is 4.35. The average Bonchev–Trinajstić information content (AvgIpc) is 2.79. The molecule has 5 nitrogen and oxygen atoms in total. The number of nitrogens with one attached hydrogen (secondary N) is 1. The molecule has 2 rings (SSSR count). The van der Waals surface area contributed by atoms with Crippen LogP contribution in [-0.2, 0) is 10.0 Å². The predicted octanol–water partition coefficient (Wildman–Crippen LogP) is 4.04. The first-order valence-corrected chi connectivity index (χ1v) is 8.94. The van der Waals surface area contributed by atoms with Crippen LogP contribution in [0.25, 0.3) is 0 Å². The Morgan fingerprint density at radius 3 is 2.57 bits per heavy atom. The van der Waals surface area contributed by atoms with Crippen LogP contribution in [0.15, 0.2) is 28.6 Å². The Kier molecular flexibility index (Phi) is 4.98. The molecule has 0 amide bonds. The molecule has 0 unspecified atom stereocenters. The fraction of sp³-hybridized carbons (Fsp3) is 0.250. The van der Waals surface area contributed by atoms with E-state index in [0.717, 1.165) is 11.3 Å². The van der Waals surface area contributed by atoms with Gasteiger partial charge in [0.2, 0.25) is 0 Å². The maximum Gasteiger partial charge on any atom is 0.273 e. The van der Waals surface area contributed by atoms with Crippen molar-refractivity contribution in [3.63, 3.8) is 0 Å². The molecule has 1 N–H and O–H groups in total. The summed E-state index contributed by atoms with van der Waals surface area (Å²) in [5.74, 6) is 0.496. The second kappa shape index (κ2) is 6.39. The van der Waals surface area contributed by atoms with Gasteiger partial charge in [0, 0.05) is 0 Å². The topological polar surface area (TPSA) is 68.3 Å². The standard InChI is InChI=1S/C12H12Cl2N2O3S2/c1-7(2)19-10-4-3-8(5-9(10)13)16-21(17,18)11-6-15-12(14)20-11/h3-7,16H,1-2H3. The average molecular weight is 367 g/mol. The third-order valence-electron chi connectivity index (χ3n) is 2.27. The van der Waals surface area contributed by atoms with Crippen molar-refractivity contribution in [3.8, 4) is 5.75 Å². The number of hydrogen-bond acceptors (Lipinski definition) is 5. The molecule has 0 saturated heterocycles. The van der Waals surface area contributed by atoms with Gasteiger partial charge in [0.1, 0.15) is 5.75 Å². The fourth-order valence-electron chi connectivity index (χ4n) is 1.48. The Morgan fingerprint density at radius 2 is 2.05 bits per heavy atom. The second-order valence-corrected chi connectivity index (χ2v) is 8.28. The number of hydrogen-bond donors (Lipinski definition) is 1. The molecule has 0 aliphatic heterocycles. The minimum absolute atomic E-state index is 0.0237. The van der Waals surface area contributed by atoms with E-state index in [2.05, 4.69) is 9.71 Å². The molecule has 0 radical (unpaired) electrons. The molecule has 1 aromatic carbocycles. The van der Waals surface area contributed by atoms with Gasteiger partial charge in [0.15, 0.2) is 8.68 Å². The third kappa shape index (κ3) is 4.23. The SMILES string of the molecule is CC(C)Oc1ccc(NS(=O)(=O)c2cnc(Cl)s2)cc1Cl. The van der Waals surface area contributed by atoms with Crippen LogP contribution < -0.4 is 9.46 Å². The van der Waals surface area contributed by atoms with E-state index in [1.165, 1.54) is 12.3 Å². The van der Waals surface area contributed by atoms with E-state index in [0.29, 0.717) is 16.5 Å². The number of aromatic nitrogens is 1. The highest BCUT2D eigenvalue weighted by Gasteiger charge is 2.18. The minimum atomic E-state index is -3.72. The molecule has 0 spiro atoms. The highest BCUT2D eigenvalue weighted by Crippen LogP contribution is 2.30. The van der Waals surface area contributed by atoms with Crippen molar-refractivity contribution in [1.29, 1.82) is 0 Å². The monoisotopic (exact) mass is 366 g/mol. The summed E-state index contributed by atoms with van der Waals surface area (Å²) in [7, 11) is -3.72. The molecule has 9 heteroatoms. The number of anilines is 1. The van der Waals surface area contributed by atoms with Crippen molar-refractivity contribution in [1.82, 2.24) is 4.98 Å². The van der Waals surface area contributed by atoms with Crippen molar-refractivity contribution in [2.75, 3.05) is 4.72 Å². The lowest BCUT2D eigenvalue weighted by Gasteiger charge is -2.12. The Bertz CT molecular complexity index is 745. The predicted molar refractivity (Wildman–Crippen MR) is 85.1 cm³/mol. The van der Waals surface area contributed by atoms with Gasteiger partial charge in [0.05, 0.1) is 23.0 Å². The molecular formula is C12H12Cl2N2O3S2. The van der Waals surface area contributed by atoms with Crippen LogP contribution in [0.2, 0.25) is 9.49 Å². The number of rotatable bonds is 5. The van der Waals surface area contributed by atoms with E-state index in [9.17, 15) is 8.42 Å². The molecule has 0 aliphatic rings. The summed E-state index contributed by atoms with van der Waals surface area (Å²) in [5.41, 5.74) is 0.334. The number of benzene rings is 1. The van der Waals surface area contributed by atoms with E-state index >= 15 is 0 Å². The highest BCUT2D eigenvalue weighted by atomic mass is 35.5. The zero-order valence-corrected chi connectivity index (χ0v) is 14.3. The van der Waals surface area contributed by atoms with Crippen molar-refractivity contribution < 1.29 is 13.2 Å². The first kappa shape index (κ1) is 16.4. The number of ether oxygens (including phenoxy) is 1. The van der Waals surface area contributed by atoms with Gasteiger partial charge in [-0.15, -0.1) is 0 Å². The lowest BCUT2D eigenvalue weighted by molar-refractivity contribution is 0.242. The molecule has 0 fully saturated rings. The van der Waals surface area contributed by atoms with Crippen LogP contribution >= 0.6 is 34.5 Å². The summed E-state index contributed by atoms with van der Waals surface area (Å²) in [5, 5.41) is 0.325. The summed E-state index contributed by atoms with van der Waals surface area (Å²) >= 11 is 12.6. The van der Waals surface area contributed by atoms with E-state index < -0.39 is 10.0 Å². The van der Waals surface area contributed by atoms with Crippen LogP contribution in [-0.4, -0.2) is 19.5 Å². The molecule has 0 aliphatic carbocycles. The van der Waals surface area contributed by atoms with Crippen molar-refractivity contribution in [3.05, 3.63) is 33.9 Å². The Balaban J connectivity index is 2.22. The van der Waals surface area contributed by atoms with Gasteiger partial charge >= 0.3 is 0 Å². The largest absolute Gasteiger partial charge is 0.489 e. The fourth-order valence-corrected chi connectivity index (χ4v) is 4.05. The van der Waals surface area contributed by atoms with Gasteiger partial charge in [-0.1, -0.05) is 34.5 Å². The van der Waals surface area contributed by atoms with Crippen LogP contribution in [0.4, 0.5) is 5.69 Å². The zero-order chi connectivity index (χ0) is 15.6. The van der Waals surface area contributed by atoms with Crippen LogP contribution in [0.3, 0.4) is 0 Å². The normalized spacial score (nSPS) is 11.7. The summed E-state index contributed by atoms with van der Waals surface area (Å²) in [6.45, 7) is 3.75. The summed E-state index contributed by atoms with van der Waals surface area (Å²) in [4.78, 5) is 3.71. The van der Waals surface area contributed by atoms with E-state index in [4.69, 9.17) is 27.9 Å². The van der Waals surface area contributed by atoms with Crippen molar-refractivity contribution in [2.45, 2.75) is 24.2 Å². The maximum absolute atomic E-state index is 12.1. The quantitative estimate of drug-likeness (QED) is 0.866. The zero-order valence-electron chi connectivity index (χ0n) is 11.1. The summed E-state index contributed by atoms with van der Waals surface area (Å²) in [6, 6.07) is 4.67. The lowest BCUT2D eigenvalue weighted by Crippen LogP contribution is -2.12. The molecule has 114 valence electrons. The first-order chi connectivity index (χ1) is 9.78. The van der Waals surface area contributed by atoms with E-state index in [1.807, 2.05) is 13.8 Å². The minimum Gasteiger partial charge on any atom is -0.489 e. The maximum atomic E-state index is 12.1. The van der Waals surface area contributed by atoms with Gasteiger partial charge in [-0.3, -0.25) is 4.72 Å². The molecule has 2 aromatic rings. The first-order valence-electron chi connectivity index (χ1n) is 5.88. The molecule has 1 aromatic heterocycles.